The maximum atomic E-state index is 12.5. The van der Waals surface area contributed by atoms with E-state index in [0.29, 0.717) is 10.4 Å². The van der Waals surface area contributed by atoms with E-state index in [-0.39, 0.29) is 22.5 Å². The highest BCUT2D eigenvalue weighted by Gasteiger charge is 2.29. The summed E-state index contributed by atoms with van der Waals surface area (Å²) >= 11 is 0. The number of halogens is 3. The van der Waals surface area contributed by atoms with Crippen LogP contribution in [0.2, 0.25) is 0 Å². The first-order valence-corrected chi connectivity index (χ1v) is 6.72. The molecule has 1 aromatic carbocycles. The maximum Gasteiger partial charge on any atom is 0.406 e. The van der Waals surface area contributed by atoms with Gasteiger partial charge in [-0.2, -0.15) is 18.2 Å². The predicted octanol–water partition coefficient (Wildman–Crippen LogP) is 1.57. The van der Waals surface area contributed by atoms with Crippen molar-refractivity contribution in [1.29, 1.82) is 0 Å². The van der Waals surface area contributed by atoms with Gasteiger partial charge in [-0.25, -0.2) is 4.79 Å². The molecule has 0 bridgehead atoms. The van der Waals surface area contributed by atoms with Crippen molar-refractivity contribution in [3.05, 3.63) is 40.1 Å². The molecule has 126 valence electrons. The van der Waals surface area contributed by atoms with Gasteiger partial charge < -0.3 is 4.98 Å². The van der Waals surface area contributed by atoms with Crippen molar-refractivity contribution < 1.29 is 18.0 Å². The summed E-state index contributed by atoms with van der Waals surface area (Å²) < 4.78 is 38.1. The van der Waals surface area contributed by atoms with Gasteiger partial charge in [0.2, 0.25) is 5.95 Å². The summed E-state index contributed by atoms with van der Waals surface area (Å²) in [5.74, 6) is 0.0235. The standard InChI is InChI=1S/C13H11F3N6O2/c1-6-17-11(21-20-6)19-10(23)7-2-3-9-8(4-7)18-12(24)22(9)5-13(14,15)16/h2-4H,5H2,1H3,(H,18,24)(H2,17,19,20,21,23). The van der Waals surface area contributed by atoms with E-state index < -0.39 is 24.3 Å². The number of hydrogen-bond acceptors (Lipinski definition) is 4. The third-order valence-electron chi connectivity index (χ3n) is 3.20. The average Bonchev–Trinajstić information content (AvgIpc) is 3.01. The molecule has 0 saturated heterocycles. The van der Waals surface area contributed by atoms with Crippen molar-refractivity contribution in [3.63, 3.8) is 0 Å². The largest absolute Gasteiger partial charge is 0.406 e. The lowest BCUT2D eigenvalue weighted by molar-refractivity contribution is -0.140. The van der Waals surface area contributed by atoms with E-state index in [4.69, 9.17) is 0 Å². The van der Waals surface area contributed by atoms with Crippen LogP contribution in [0, 0.1) is 6.92 Å². The first-order chi connectivity index (χ1) is 11.2. The molecule has 11 heteroatoms. The quantitative estimate of drug-likeness (QED) is 0.672. The number of aromatic nitrogens is 5. The number of carbonyl (C=O) groups excluding carboxylic acids is 1. The molecule has 0 aliphatic carbocycles. The molecule has 3 N–H and O–H groups in total. The van der Waals surface area contributed by atoms with Gasteiger partial charge >= 0.3 is 11.9 Å². The van der Waals surface area contributed by atoms with E-state index in [1.54, 1.807) is 6.92 Å². The monoisotopic (exact) mass is 340 g/mol. The summed E-state index contributed by atoms with van der Waals surface area (Å²) in [5, 5.41) is 8.73. The lowest BCUT2D eigenvalue weighted by atomic mass is 10.2. The maximum absolute atomic E-state index is 12.5. The molecule has 3 rings (SSSR count). The molecule has 1 amide bonds. The van der Waals surface area contributed by atoms with Crippen LogP contribution in [0.25, 0.3) is 11.0 Å². The number of hydrogen-bond donors (Lipinski definition) is 3. The second kappa shape index (κ2) is 5.51. The van der Waals surface area contributed by atoms with Gasteiger partial charge in [0.05, 0.1) is 11.0 Å². The fourth-order valence-electron chi connectivity index (χ4n) is 2.21. The minimum atomic E-state index is -4.53. The van der Waals surface area contributed by atoms with Crippen molar-refractivity contribution in [2.45, 2.75) is 19.6 Å². The fourth-order valence-corrected chi connectivity index (χ4v) is 2.21. The SMILES string of the molecule is Cc1nc(NC(=O)c2ccc3c(c2)[nH]c(=O)n3CC(F)(F)F)n[nH]1. The number of aromatic amines is 2. The highest BCUT2D eigenvalue weighted by atomic mass is 19.4. The van der Waals surface area contributed by atoms with Gasteiger partial charge in [-0.1, -0.05) is 0 Å². The van der Waals surface area contributed by atoms with Crippen LogP contribution in [0.1, 0.15) is 16.2 Å². The molecule has 0 radical (unpaired) electrons. The summed E-state index contributed by atoms with van der Waals surface area (Å²) in [5.41, 5.74) is -0.569. The Morgan fingerprint density at radius 3 is 2.75 bits per heavy atom. The summed E-state index contributed by atoms with van der Waals surface area (Å²) in [7, 11) is 0. The number of carbonyl (C=O) groups is 1. The third kappa shape index (κ3) is 3.14. The number of H-pyrrole nitrogens is 2. The Morgan fingerprint density at radius 1 is 1.38 bits per heavy atom. The van der Waals surface area contributed by atoms with Crippen LogP contribution in [0.4, 0.5) is 19.1 Å². The molecule has 0 unspecified atom stereocenters. The van der Waals surface area contributed by atoms with Crippen molar-refractivity contribution in [2.75, 3.05) is 5.32 Å². The van der Waals surface area contributed by atoms with Gasteiger partial charge in [-0.3, -0.25) is 19.8 Å². The normalized spacial score (nSPS) is 11.8. The zero-order valence-corrected chi connectivity index (χ0v) is 12.2. The van der Waals surface area contributed by atoms with Gasteiger partial charge in [-0.05, 0) is 25.1 Å². The first kappa shape index (κ1) is 15.8. The fraction of sp³-hybridized carbons (Fsp3) is 0.231. The Hall–Kier alpha value is -3.11. The number of alkyl halides is 3. The zero-order chi connectivity index (χ0) is 17.5. The minimum absolute atomic E-state index is 0.0580. The first-order valence-electron chi connectivity index (χ1n) is 6.72. The Labute approximate surface area is 131 Å². The van der Waals surface area contributed by atoms with Crippen molar-refractivity contribution in [1.82, 2.24) is 24.7 Å². The highest BCUT2D eigenvalue weighted by Crippen LogP contribution is 2.20. The van der Waals surface area contributed by atoms with Crippen molar-refractivity contribution >= 4 is 22.9 Å². The van der Waals surface area contributed by atoms with Crippen LogP contribution >= 0.6 is 0 Å². The molecule has 0 fully saturated rings. The van der Waals surface area contributed by atoms with E-state index in [1.165, 1.54) is 18.2 Å². The smallest absolute Gasteiger partial charge is 0.306 e. The minimum Gasteiger partial charge on any atom is -0.306 e. The molecular weight excluding hydrogens is 329 g/mol. The predicted molar refractivity (Wildman–Crippen MR) is 77.7 cm³/mol. The second-order valence-corrected chi connectivity index (χ2v) is 5.06. The third-order valence-corrected chi connectivity index (χ3v) is 3.20. The van der Waals surface area contributed by atoms with Crippen LogP contribution in [0.15, 0.2) is 23.0 Å². The Kier molecular flexibility index (Phi) is 3.62. The van der Waals surface area contributed by atoms with E-state index >= 15 is 0 Å². The molecule has 0 atom stereocenters. The average molecular weight is 340 g/mol. The number of amides is 1. The second-order valence-electron chi connectivity index (χ2n) is 5.06. The lowest BCUT2D eigenvalue weighted by Gasteiger charge is -2.07. The Bertz CT molecular complexity index is 968. The zero-order valence-electron chi connectivity index (χ0n) is 12.2. The number of fused-ring (bicyclic) bond motifs is 1. The van der Waals surface area contributed by atoms with Crippen LogP contribution in [-0.2, 0) is 6.54 Å². The molecule has 2 heterocycles. The molecule has 0 aliphatic heterocycles. The molecule has 0 saturated carbocycles. The molecule has 3 aromatic rings. The summed E-state index contributed by atoms with van der Waals surface area (Å²) in [6, 6.07) is 3.88. The molecule has 0 aliphatic rings. The van der Waals surface area contributed by atoms with Crippen molar-refractivity contribution in [3.8, 4) is 0 Å². The van der Waals surface area contributed by atoms with Gasteiger partial charge in [-0.15, -0.1) is 5.10 Å². The van der Waals surface area contributed by atoms with Crippen LogP contribution < -0.4 is 11.0 Å². The molecule has 2 aromatic heterocycles. The summed E-state index contributed by atoms with van der Waals surface area (Å²) in [6.07, 6.45) is -4.53. The van der Waals surface area contributed by atoms with E-state index in [2.05, 4.69) is 25.5 Å². The van der Waals surface area contributed by atoms with E-state index in [1.807, 2.05) is 0 Å². The van der Waals surface area contributed by atoms with Crippen molar-refractivity contribution in [2.24, 2.45) is 0 Å². The topological polar surface area (TPSA) is 108 Å². The molecule has 8 nitrogen and oxygen atoms in total. The van der Waals surface area contributed by atoms with Crippen LogP contribution in [-0.4, -0.2) is 36.8 Å². The molecule has 0 spiro atoms. The number of benzene rings is 1. The summed E-state index contributed by atoms with van der Waals surface area (Å²) in [6.45, 7) is 0.247. The van der Waals surface area contributed by atoms with Gasteiger partial charge in [0.25, 0.3) is 5.91 Å². The number of imidazole rings is 1. The lowest BCUT2D eigenvalue weighted by Crippen LogP contribution is -2.26. The Balaban J connectivity index is 1.92. The molecule has 24 heavy (non-hydrogen) atoms. The number of anilines is 1. The number of nitrogens with zero attached hydrogens (tertiary/aromatic N) is 3. The van der Waals surface area contributed by atoms with Crippen LogP contribution in [0.5, 0.6) is 0 Å². The van der Waals surface area contributed by atoms with Gasteiger partial charge in [0.15, 0.2) is 0 Å². The van der Waals surface area contributed by atoms with E-state index in [0.717, 1.165) is 0 Å². The number of rotatable bonds is 3. The highest BCUT2D eigenvalue weighted by molar-refractivity contribution is 6.05. The molecular formula is C13H11F3N6O2. The van der Waals surface area contributed by atoms with E-state index in [9.17, 15) is 22.8 Å². The number of nitrogens with one attached hydrogen (secondary N) is 3. The Morgan fingerprint density at radius 2 is 2.12 bits per heavy atom. The summed E-state index contributed by atoms with van der Waals surface area (Å²) in [4.78, 5) is 30.0. The van der Waals surface area contributed by atoms with Gasteiger partial charge in [0, 0.05) is 5.56 Å². The number of aryl methyl sites for hydroxylation is 1. The van der Waals surface area contributed by atoms with Gasteiger partial charge in [0.1, 0.15) is 12.4 Å². The van der Waals surface area contributed by atoms with Crippen LogP contribution in [0.3, 0.4) is 0 Å².